The minimum absolute atomic E-state index is 0.265. The van der Waals surface area contributed by atoms with Gasteiger partial charge in [-0.3, -0.25) is 0 Å². The zero-order valence-corrected chi connectivity index (χ0v) is 19.2. The van der Waals surface area contributed by atoms with Crippen LogP contribution in [0.15, 0.2) is 43.0 Å². The quantitative estimate of drug-likeness (QED) is 0.176. The Morgan fingerprint density at radius 2 is 1.40 bits per heavy atom. The molecule has 2 aromatic rings. The molecular formula is C26H41N2O2+. The van der Waals surface area contributed by atoms with Crippen LogP contribution in [0.1, 0.15) is 101 Å². The Labute approximate surface area is 183 Å². The van der Waals surface area contributed by atoms with E-state index in [0.29, 0.717) is 12.2 Å². The van der Waals surface area contributed by atoms with Gasteiger partial charge in [-0.05, 0) is 44.0 Å². The second-order valence-electron chi connectivity index (χ2n) is 8.22. The molecule has 0 fully saturated rings. The van der Waals surface area contributed by atoms with Crippen LogP contribution in [-0.2, 0) is 11.3 Å². The van der Waals surface area contributed by atoms with Crippen molar-refractivity contribution in [3.05, 3.63) is 48.5 Å². The molecule has 1 aromatic heterocycles. The number of carbonyl (C=O) groups is 1. The molecule has 30 heavy (non-hydrogen) atoms. The Morgan fingerprint density at radius 1 is 0.833 bits per heavy atom. The lowest BCUT2D eigenvalue weighted by Gasteiger charge is -2.02. The standard InChI is InChI=1S/C26H41N2O2/c1-3-5-6-7-8-9-10-11-12-13-14-15-20-27-21-22-28(23-27)25-18-16-24(17-19-25)26(29)30-4-2/h16-19,21-23H,3-15,20H2,1-2H3/q+1. The number of hydrogen-bond acceptors (Lipinski definition) is 2. The first kappa shape index (κ1) is 24.2. The summed E-state index contributed by atoms with van der Waals surface area (Å²) in [4.78, 5) is 11.8. The Balaban J connectivity index is 1.57. The van der Waals surface area contributed by atoms with Gasteiger partial charge in [0.1, 0.15) is 18.1 Å². The van der Waals surface area contributed by atoms with E-state index >= 15 is 0 Å². The summed E-state index contributed by atoms with van der Waals surface area (Å²) in [6.07, 6.45) is 22.9. The van der Waals surface area contributed by atoms with Gasteiger partial charge >= 0.3 is 5.97 Å². The van der Waals surface area contributed by atoms with Gasteiger partial charge in [0.25, 0.3) is 0 Å². The minimum atomic E-state index is -0.265. The highest BCUT2D eigenvalue weighted by Crippen LogP contribution is 2.12. The Kier molecular flexibility index (Phi) is 11.9. The third kappa shape index (κ3) is 9.15. The summed E-state index contributed by atoms with van der Waals surface area (Å²) in [5.41, 5.74) is 1.65. The average Bonchev–Trinajstić information content (AvgIpc) is 3.24. The van der Waals surface area contributed by atoms with Crippen LogP contribution >= 0.6 is 0 Å². The average molecular weight is 414 g/mol. The van der Waals surface area contributed by atoms with Gasteiger partial charge in [-0.2, -0.15) is 0 Å². The van der Waals surface area contributed by atoms with Crippen LogP contribution in [0, 0.1) is 0 Å². The van der Waals surface area contributed by atoms with Gasteiger partial charge in [0.15, 0.2) is 0 Å². The molecule has 0 amide bonds. The molecule has 0 saturated carbocycles. The number of nitrogens with zero attached hydrogens (tertiary/aromatic N) is 2. The van der Waals surface area contributed by atoms with Crippen molar-refractivity contribution >= 4 is 5.97 Å². The zero-order chi connectivity index (χ0) is 21.4. The zero-order valence-electron chi connectivity index (χ0n) is 19.2. The number of unbranched alkanes of at least 4 members (excludes halogenated alkanes) is 11. The number of benzene rings is 1. The number of aryl methyl sites for hydroxylation is 1. The van der Waals surface area contributed by atoms with Crippen LogP contribution in [0.3, 0.4) is 0 Å². The lowest BCUT2D eigenvalue weighted by Crippen LogP contribution is -2.30. The number of ether oxygens (including phenoxy) is 1. The fourth-order valence-electron chi connectivity index (χ4n) is 3.80. The molecule has 0 radical (unpaired) electrons. The molecule has 0 unspecified atom stereocenters. The Bertz CT molecular complexity index is 706. The van der Waals surface area contributed by atoms with E-state index in [0.717, 1.165) is 12.2 Å². The maximum Gasteiger partial charge on any atom is 0.338 e. The molecule has 0 aliphatic carbocycles. The Morgan fingerprint density at radius 3 is 1.97 bits per heavy atom. The van der Waals surface area contributed by atoms with Crippen molar-refractivity contribution in [2.75, 3.05) is 6.61 Å². The van der Waals surface area contributed by atoms with Crippen molar-refractivity contribution in [2.45, 2.75) is 97.4 Å². The van der Waals surface area contributed by atoms with Gasteiger partial charge in [0.05, 0.1) is 18.7 Å². The van der Waals surface area contributed by atoms with Crippen LogP contribution in [0.4, 0.5) is 0 Å². The van der Waals surface area contributed by atoms with Crippen LogP contribution < -0.4 is 4.57 Å². The van der Waals surface area contributed by atoms with Gasteiger partial charge in [0, 0.05) is 0 Å². The third-order valence-electron chi connectivity index (χ3n) is 5.64. The van der Waals surface area contributed by atoms with E-state index in [1.54, 1.807) is 0 Å². The van der Waals surface area contributed by atoms with E-state index < -0.39 is 0 Å². The molecule has 0 spiro atoms. The molecule has 166 valence electrons. The smallest absolute Gasteiger partial charge is 0.338 e. The molecule has 4 nitrogen and oxygen atoms in total. The SMILES string of the molecule is CCCCCCCCCCCCCC[n+]1ccn(-c2ccc(C(=O)OCC)cc2)c1. The molecule has 0 N–H and O–H groups in total. The molecule has 0 aliphatic rings. The van der Waals surface area contributed by atoms with Crippen molar-refractivity contribution in [3.63, 3.8) is 0 Å². The number of rotatable bonds is 16. The number of aromatic nitrogens is 2. The summed E-state index contributed by atoms with van der Waals surface area (Å²) in [6.45, 7) is 5.56. The summed E-state index contributed by atoms with van der Waals surface area (Å²) in [6, 6.07) is 7.56. The first-order chi connectivity index (χ1) is 14.7. The van der Waals surface area contributed by atoms with Crippen molar-refractivity contribution in [1.29, 1.82) is 0 Å². The number of carbonyl (C=O) groups excluding carboxylic acids is 1. The lowest BCUT2D eigenvalue weighted by molar-refractivity contribution is -0.696. The molecule has 1 heterocycles. The third-order valence-corrected chi connectivity index (χ3v) is 5.64. The molecule has 0 bridgehead atoms. The van der Waals surface area contributed by atoms with Crippen molar-refractivity contribution < 1.29 is 14.1 Å². The Hall–Kier alpha value is -2.10. The topological polar surface area (TPSA) is 35.1 Å². The van der Waals surface area contributed by atoms with E-state index in [-0.39, 0.29) is 5.97 Å². The highest BCUT2D eigenvalue weighted by molar-refractivity contribution is 5.89. The van der Waals surface area contributed by atoms with Gasteiger partial charge in [-0.15, -0.1) is 0 Å². The summed E-state index contributed by atoms with van der Waals surface area (Å²) in [5, 5.41) is 0. The largest absolute Gasteiger partial charge is 0.462 e. The van der Waals surface area contributed by atoms with Gasteiger partial charge in [0.2, 0.25) is 6.33 Å². The number of imidazole rings is 1. The van der Waals surface area contributed by atoms with E-state index in [1.165, 1.54) is 77.0 Å². The van der Waals surface area contributed by atoms with Crippen LogP contribution in [0.25, 0.3) is 5.69 Å². The fourth-order valence-corrected chi connectivity index (χ4v) is 3.80. The van der Waals surface area contributed by atoms with Crippen LogP contribution in [-0.4, -0.2) is 17.1 Å². The maximum absolute atomic E-state index is 11.8. The lowest BCUT2D eigenvalue weighted by atomic mass is 10.1. The van der Waals surface area contributed by atoms with Gasteiger partial charge in [-0.1, -0.05) is 71.1 Å². The summed E-state index contributed by atoms with van der Waals surface area (Å²) >= 11 is 0. The van der Waals surface area contributed by atoms with Crippen LogP contribution in [0.2, 0.25) is 0 Å². The highest BCUT2D eigenvalue weighted by Gasteiger charge is 2.09. The maximum atomic E-state index is 11.8. The summed E-state index contributed by atoms with van der Waals surface area (Å²) in [7, 11) is 0. The van der Waals surface area contributed by atoms with Crippen LogP contribution in [0.5, 0.6) is 0 Å². The van der Waals surface area contributed by atoms with Crippen molar-refractivity contribution in [3.8, 4) is 5.69 Å². The molecule has 0 atom stereocenters. The van der Waals surface area contributed by atoms with Gasteiger partial charge in [-0.25, -0.2) is 13.9 Å². The number of hydrogen-bond donors (Lipinski definition) is 0. The van der Waals surface area contributed by atoms with E-state index in [2.05, 4.69) is 34.8 Å². The molecule has 2 rings (SSSR count). The number of esters is 1. The van der Waals surface area contributed by atoms with Gasteiger partial charge < -0.3 is 4.74 Å². The molecule has 1 aromatic carbocycles. The van der Waals surface area contributed by atoms with Crippen molar-refractivity contribution in [1.82, 2.24) is 4.57 Å². The molecule has 0 aliphatic heterocycles. The predicted octanol–water partition coefficient (Wildman–Crippen LogP) is 6.64. The monoisotopic (exact) mass is 413 g/mol. The van der Waals surface area contributed by atoms with E-state index in [1.807, 2.05) is 31.2 Å². The first-order valence-electron chi connectivity index (χ1n) is 12.1. The highest BCUT2D eigenvalue weighted by atomic mass is 16.5. The molecule has 4 heteroatoms. The molecular weight excluding hydrogens is 372 g/mol. The van der Waals surface area contributed by atoms with E-state index in [9.17, 15) is 4.79 Å². The molecule has 0 saturated heterocycles. The first-order valence-corrected chi connectivity index (χ1v) is 12.1. The predicted molar refractivity (Wildman–Crippen MR) is 123 cm³/mol. The minimum Gasteiger partial charge on any atom is -0.462 e. The summed E-state index contributed by atoms with van der Waals surface area (Å²) < 4.78 is 9.38. The second kappa shape index (κ2) is 14.8. The second-order valence-corrected chi connectivity index (χ2v) is 8.22. The van der Waals surface area contributed by atoms with E-state index in [4.69, 9.17) is 4.74 Å². The summed E-state index contributed by atoms with van der Waals surface area (Å²) in [5.74, 6) is -0.265. The van der Waals surface area contributed by atoms with Crippen molar-refractivity contribution in [2.24, 2.45) is 0 Å². The normalized spacial score (nSPS) is 11.0. The fraction of sp³-hybridized carbons (Fsp3) is 0.615.